The number of piperazine rings is 1. The molecule has 0 bridgehead atoms. The van der Waals surface area contributed by atoms with Crippen LogP contribution in [0.4, 0.5) is 4.79 Å². The molecule has 5 rings (SSSR count). The number of ether oxygens (including phenoxy) is 1. The lowest BCUT2D eigenvalue weighted by atomic mass is 10.1. The van der Waals surface area contributed by atoms with Gasteiger partial charge in [0.1, 0.15) is 18.3 Å². The first-order valence-electron chi connectivity index (χ1n) is 12.3. The van der Waals surface area contributed by atoms with E-state index in [9.17, 15) is 13.2 Å². The molecule has 2 aromatic carbocycles. The molecule has 0 radical (unpaired) electrons. The average Bonchev–Trinajstić information content (AvgIpc) is 3.57. The summed E-state index contributed by atoms with van der Waals surface area (Å²) in [7, 11) is -0.574. The normalized spacial score (nSPS) is 20.6. The summed E-state index contributed by atoms with van der Waals surface area (Å²) in [6.45, 7) is 4.64. The van der Waals surface area contributed by atoms with E-state index in [2.05, 4.69) is 21.9 Å². The number of oxazole rings is 1. The Balaban J connectivity index is 1.42. The zero-order valence-electron chi connectivity index (χ0n) is 21.4. The van der Waals surface area contributed by atoms with Gasteiger partial charge in [-0.25, -0.2) is 9.47 Å². The Hall–Kier alpha value is -3.25. The van der Waals surface area contributed by atoms with Crippen LogP contribution >= 0.6 is 11.6 Å². The Labute approximate surface area is 226 Å². The van der Waals surface area contributed by atoms with E-state index in [1.54, 1.807) is 36.5 Å². The highest BCUT2D eigenvalue weighted by molar-refractivity contribution is 7.90. The molecule has 3 heterocycles. The molecule has 10 nitrogen and oxygen atoms in total. The van der Waals surface area contributed by atoms with Crippen molar-refractivity contribution < 1.29 is 26.8 Å². The van der Waals surface area contributed by atoms with E-state index in [1.165, 1.54) is 25.4 Å². The maximum atomic E-state index is 13.2. The Bertz CT molecular complexity index is 1590. The zero-order chi connectivity index (χ0) is 27.1. The van der Waals surface area contributed by atoms with Crippen LogP contribution in [0.3, 0.4) is 0 Å². The minimum absolute atomic E-state index is 0.101. The monoisotopic (exact) mass is 558 g/mol. The van der Waals surface area contributed by atoms with E-state index in [4.69, 9.17) is 20.8 Å². The van der Waals surface area contributed by atoms with Crippen LogP contribution in [0.15, 0.2) is 64.2 Å². The van der Waals surface area contributed by atoms with E-state index in [-0.39, 0.29) is 21.5 Å². The van der Waals surface area contributed by atoms with Crippen molar-refractivity contribution in [3.05, 3.63) is 65.6 Å². The van der Waals surface area contributed by atoms with Crippen molar-refractivity contribution in [3.63, 3.8) is 0 Å². The van der Waals surface area contributed by atoms with Crippen molar-refractivity contribution in [1.82, 2.24) is 19.1 Å². The number of fused-ring (bicyclic) bond motifs is 1. The molecule has 2 atom stereocenters. The van der Waals surface area contributed by atoms with E-state index in [0.717, 1.165) is 10.5 Å². The lowest BCUT2D eigenvalue weighted by molar-refractivity contribution is -0.869. The second-order valence-electron chi connectivity index (χ2n) is 9.58. The number of hydrogen-bond acceptors (Lipinski definition) is 8. The summed E-state index contributed by atoms with van der Waals surface area (Å²) in [6.07, 6.45) is 3.75. The average molecular weight is 559 g/mol. The summed E-state index contributed by atoms with van der Waals surface area (Å²) in [5.41, 5.74) is 0.881. The molecule has 38 heavy (non-hydrogen) atoms. The number of aromatic nitrogens is 3. The number of halogens is 1. The van der Waals surface area contributed by atoms with Gasteiger partial charge in [-0.3, -0.25) is 4.90 Å². The number of carbonyl (C=O) groups excluding carboxylic acids is 1. The highest BCUT2D eigenvalue weighted by Gasteiger charge is 2.45. The molecule has 1 amide bonds. The molecular formula is C26H29ClN5O5S+. The molecule has 2 unspecified atom stereocenters. The first-order chi connectivity index (χ1) is 18.2. The lowest BCUT2D eigenvalue weighted by Gasteiger charge is -2.44. The molecule has 0 aliphatic carbocycles. The van der Waals surface area contributed by atoms with Crippen molar-refractivity contribution in [2.45, 2.75) is 30.8 Å². The van der Waals surface area contributed by atoms with Crippen LogP contribution in [0.2, 0.25) is 5.02 Å². The van der Waals surface area contributed by atoms with Crippen LogP contribution in [-0.2, 0) is 21.3 Å². The summed E-state index contributed by atoms with van der Waals surface area (Å²) in [5.74, 6) is 0.977. The van der Waals surface area contributed by atoms with E-state index < -0.39 is 10.0 Å². The minimum Gasteiger partial charge on any atom is -0.440 e. The summed E-state index contributed by atoms with van der Waals surface area (Å²) < 4.78 is 38.9. The number of carbonyl (C=O) groups is 1. The summed E-state index contributed by atoms with van der Waals surface area (Å²) in [5, 5.41) is 5.06. The fraction of sp³-hybridized carbons (Fsp3) is 0.346. The summed E-state index contributed by atoms with van der Waals surface area (Å²) in [4.78, 5) is 19.2. The van der Waals surface area contributed by atoms with Crippen LogP contribution in [-0.4, -0.2) is 77.9 Å². The van der Waals surface area contributed by atoms with Gasteiger partial charge >= 0.3 is 6.09 Å². The third-order valence-electron chi connectivity index (χ3n) is 7.27. The van der Waals surface area contributed by atoms with Crippen LogP contribution < -0.4 is 0 Å². The number of rotatable bonds is 6. The molecule has 0 spiro atoms. The van der Waals surface area contributed by atoms with Crippen molar-refractivity contribution in [3.8, 4) is 11.5 Å². The van der Waals surface area contributed by atoms with Gasteiger partial charge in [0.25, 0.3) is 10.0 Å². The number of amides is 1. The second kappa shape index (κ2) is 10.1. The van der Waals surface area contributed by atoms with Gasteiger partial charge in [-0.15, -0.1) is 0 Å². The molecule has 12 heteroatoms. The van der Waals surface area contributed by atoms with Gasteiger partial charge in [-0.2, -0.15) is 22.4 Å². The van der Waals surface area contributed by atoms with Crippen molar-refractivity contribution in [2.24, 2.45) is 0 Å². The van der Waals surface area contributed by atoms with Crippen LogP contribution in [0.5, 0.6) is 0 Å². The van der Waals surface area contributed by atoms with Gasteiger partial charge < -0.3 is 9.15 Å². The van der Waals surface area contributed by atoms with Gasteiger partial charge in [0, 0.05) is 22.5 Å². The highest BCUT2D eigenvalue weighted by Crippen LogP contribution is 2.33. The maximum absolute atomic E-state index is 13.2. The first-order valence-corrected chi connectivity index (χ1v) is 14.1. The molecule has 4 aromatic rings. The van der Waals surface area contributed by atoms with Gasteiger partial charge in [0.05, 0.1) is 50.1 Å². The third kappa shape index (κ3) is 4.60. The van der Waals surface area contributed by atoms with E-state index in [1.807, 2.05) is 7.05 Å². The first kappa shape index (κ1) is 26.4. The number of hydrogen-bond donors (Lipinski definition) is 0. The highest BCUT2D eigenvalue weighted by atomic mass is 35.5. The summed E-state index contributed by atoms with van der Waals surface area (Å²) in [6, 6.07) is 11.5. The van der Waals surface area contributed by atoms with Gasteiger partial charge in [-0.05, 0) is 30.7 Å². The molecule has 1 aliphatic rings. The molecule has 1 saturated heterocycles. The Kier molecular flexibility index (Phi) is 7.03. The number of methoxy groups -OCH3 is 1. The van der Waals surface area contributed by atoms with Crippen molar-refractivity contribution >= 4 is 38.6 Å². The third-order valence-corrected chi connectivity index (χ3v) is 9.10. The van der Waals surface area contributed by atoms with Crippen LogP contribution in [0.1, 0.15) is 19.1 Å². The SMILES string of the molecule is CCC1CN(Cc2cnc(-c3cc(Cl)cc4c3cnn4S(=O)(=O)c3ccccc3)o2)CC[N+]1(C)C(=O)OC. The molecule has 0 N–H and O–H groups in total. The van der Waals surface area contributed by atoms with Crippen LogP contribution in [0.25, 0.3) is 22.4 Å². The van der Waals surface area contributed by atoms with E-state index in [0.29, 0.717) is 59.3 Å². The topological polar surface area (TPSA) is 108 Å². The Morgan fingerprint density at radius 2 is 2.00 bits per heavy atom. The van der Waals surface area contributed by atoms with Gasteiger partial charge in [-0.1, -0.05) is 36.7 Å². The standard InChI is InChI=1S/C26H29ClN5O5S/c1-4-19-16-30(10-11-32(19,2)26(33)36-3)17-20-14-28-25(37-20)22-12-18(27)13-24-23(22)15-29-31(24)38(34,35)21-8-6-5-7-9-21/h5-9,12-15,19H,4,10-11,16-17H2,1-3H3/q+1. The van der Waals surface area contributed by atoms with Crippen molar-refractivity contribution in [1.29, 1.82) is 0 Å². The molecule has 1 aliphatic heterocycles. The number of quaternary nitrogens is 1. The number of benzene rings is 2. The van der Waals surface area contributed by atoms with E-state index >= 15 is 0 Å². The Morgan fingerprint density at radius 1 is 1.24 bits per heavy atom. The quantitative estimate of drug-likeness (QED) is 0.321. The fourth-order valence-electron chi connectivity index (χ4n) is 5.08. The van der Waals surface area contributed by atoms with Gasteiger partial charge in [0.15, 0.2) is 0 Å². The maximum Gasteiger partial charge on any atom is 0.515 e. The molecule has 0 saturated carbocycles. The molecule has 200 valence electrons. The molecule has 2 aromatic heterocycles. The lowest BCUT2D eigenvalue weighted by Crippen LogP contribution is -2.65. The largest absolute Gasteiger partial charge is 0.515 e. The van der Waals surface area contributed by atoms with Crippen LogP contribution in [0, 0.1) is 0 Å². The smallest absolute Gasteiger partial charge is 0.440 e. The summed E-state index contributed by atoms with van der Waals surface area (Å²) >= 11 is 6.40. The predicted molar refractivity (Wildman–Crippen MR) is 142 cm³/mol. The zero-order valence-corrected chi connectivity index (χ0v) is 22.9. The Morgan fingerprint density at radius 3 is 2.71 bits per heavy atom. The van der Waals surface area contributed by atoms with Gasteiger partial charge in [0.2, 0.25) is 5.89 Å². The minimum atomic E-state index is -3.92. The number of nitrogens with zero attached hydrogens (tertiary/aromatic N) is 5. The fourth-order valence-corrected chi connectivity index (χ4v) is 6.58. The number of likely N-dealkylation sites (N-methyl/N-ethyl adjacent to an activating group) is 1. The second-order valence-corrected chi connectivity index (χ2v) is 11.8. The van der Waals surface area contributed by atoms with Crippen molar-refractivity contribution in [2.75, 3.05) is 33.8 Å². The molecule has 1 fully saturated rings. The molecular weight excluding hydrogens is 530 g/mol. The predicted octanol–water partition coefficient (Wildman–Crippen LogP) is 4.39.